The number of aromatic nitrogens is 4. The molecule has 2 heterocycles. The molecule has 1 amide bonds. The zero-order valence-electron chi connectivity index (χ0n) is 16.4. The van der Waals surface area contributed by atoms with Crippen LogP contribution in [0.2, 0.25) is 0 Å². The summed E-state index contributed by atoms with van der Waals surface area (Å²) in [6.45, 7) is 5.41. The smallest absolute Gasteiger partial charge is 0.230 e. The number of hydrogen-bond acceptors (Lipinski definition) is 6. The van der Waals surface area contributed by atoms with Gasteiger partial charge in [0.2, 0.25) is 5.91 Å². The van der Waals surface area contributed by atoms with E-state index in [1.54, 1.807) is 19.5 Å². The van der Waals surface area contributed by atoms with E-state index < -0.39 is 0 Å². The molecule has 0 saturated carbocycles. The molecule has 1 unspecified atom stereocenters. The molecule has 0 aliphatic rings. The molecule has 0 saturated heterocycles. The maximum Gasteiger partial charge on any atom is 0.230 e. The number of thioether (sulfide) groups is 1. The molecule has 0 aliphatic heterocycles. The summed E-state index contributed by atoms with van der Waals surface area (Å²) in [5.74, 6) is 1.10. The lowest BCUT2D eigenvalue weighted by Gasteiger charge is -2.13. The van der Waals surface area contributed by atoms with Gasteiger partial charge in [0.15, 0.2) is 11.0 Å². The first-order valence-corrected chi connectivity index (χ1v) is 10.4. The van der Waals surface area contributed by atoms with E-state index in [4.69, 9.17) is 4.74 Å². The van der Waals surface area contributed by atoms with Crippen molar-refractivity contribution >= 4 is 17.7 Å². The predicted octanol–water partition coefficient (Wildman–Crippen LogP) is 3.16. The van der Waals surface area contributed by atoms with E-state index in [0.717, 1.165) is 24.2 Å². The quantitative estimate of drug-likeness (QED) is 0.442. The van der Waals surface area contributed by atoms with Crippen LogP contribution in [0.1, 0.15) is 39.5 Å². The van der Waals surface area contributed by atoms with Gasteiger partial charge in [-0.2, -0.15) is 0 Å². The molecule has 148 valence electrons. The molecular formula is C19H29N5O2S. The standard InChI is InChI=1S/C19H29N5O2S/c1-4-5-6-7-15(2)21-17(25)14-27-19-23-22-18(24(19)12-13-26-3)16-8-10-20-11-9-16/h8-11,15H,4-7,12-14H2,1-3H3,(H,21,25). The molecule has 0 fully saturated rings. The molecule has 0 radical (unpaired) electrons. The molecule has 1 N–H and O–H groups in total. The summed E-state index contributed by atoms with van der Waals surface area (Å²) >= 11 is 1.40. The van der Waals surface area contributed by atoms with Crippen LogP contribution in [0.5, 0.6) is 0 Å². The average molecular weight is 392 g/mol. The summed E-state index contributed by atoms with van der Waals surface area (Å²) in [7, 11) is 1.66. The van der Waals surface area contributed by atoms with Gasteiger partial charge >= 0.3 is 0 Å². The number of amides is 1. The van der Waals surface area contributed by atoms with E-state index in [9.17, 15) is 4.79 Å². The molecule has 2 aromatic rings. The van der Waals surface area contributed by atoms with Crippen molar-refractivity contribution in [2.24, 2.45) is 0 Å². The van der Waals surface area contributed by atoms with Crippen LogP contribution < -0.4 is 5.32 Å². The third kappa shape index (κ3) is 6.95. The number of pyridine rings is 1. The molecule has 8 heteroatoms. The first-order chi connectivity index (χ1) is 13.2. The fourth-order valence-electron chi connectivity index (χ4n) is 2.71. The zero-order chi connectivity index (χ0) is 19.5. The van der Waals surface area contributed by atoms with Crippen LogP contribution in [0.4, 0.5) is 0 Å². The second kappa shape index (κ2) is 11.7. The van der Waals surface area contributed by atoms with Crippen molar-refractivity contribution < 1.29 is 9.53 Å². The maximum atomic E-state index is 12.2. The first-order valence-electron chi connectivity index (χ1n) is 9.40. The third-order valence-corrected chi connectivity index (χ3v) is 5.12. The monoisotopic (exact) mass is 391 g/mol. The van der Waals surface area contributed by atoms with Gasteiger partial charge in [-0.05, 0) is 25.5 Å². The van der Waals surface area contributed by atoms with Crippen LogP contribution in [0.15, 0.2) is 29.7 Å². The molecule has 0 spiro atoms. The molecule has 27 heavy (non-hydrogen) atoms. The number of methoxy groups -OCH3 is 1. The summed E-state index contributed by atoms with van der Waals surface area (Å²) in [6.07, 6.45) is 8.00. The number of ether oxygens (including phenoxy) is 1. The summed E-state index contributed by atoms with van der Waals surface area (Å²) in [6, 6.07) is 3.99. The summed E-state index contributed by atoms with van der Waals surface area (Å²) < 4.78 is 7.20. The van der Waals surface area contributed by atoms with Crippen molar-refractivity contribution in [3.05, 3.63) is 24.5 Å². The Morgan fingerprint density at radius 1 is 1.30 bits per heavy atom. The molecule has 0 aliphatic carbocycles. The number of unbranched alkanes of at least 4 members (excludes halogenated alkanes) is 2. The molecule has 2 aromatic heterocycles. The van der Waals surface area contributed by atoms with Crippen molar-refractivity contribution in [2.75, 3.05) is 19.5 Å². The van der Waals surface area contributed by atoms with Crippen molar-refractivity contribution in [2.45, 2.75) is 57.3 Å². The lowest BCUT2D eigenvalue weighted by Crippen LogP contribution is -2.33. The first kappa shape index (κ1) is 21.4. The van der Waals surface area contributed by atoms with Gasteiger partial charge in [0, 0.05) is 31.1 Å². The lowest BCUT2D eigenvalue weighted by atomic mass is 10.1. The fraction of sp³-hybridized carbons (Fsp3) is 0.579. The molecule has 2 rings (SSSR count). The minimum absolute atomic E-state index is 0.0238. The normalized spacial score (nSPS) is 12.1. The fourth-order valence-corrected chi connectivity index (χ4v) is 3.49. The highest BCUT2D eigenvalue weighted by Crippen LogP contribution is 2.23. The van der Waals surface area contributed by atoms with Crippen molar-refractivity contribution in [3.63, 3.8) is 0 Å². The van der Waals surface area contributed by atoms with Gasteiger partial charge in [-0.25, -0.2) is 0 Å². The Bertz CT molecular complexity index is 693. The van der Waals surface area contributed by atoms with Crippen LogP contribution in [0.3, 0.4) is 0 Å². The van der Waals surface area contributed by atoms with Gasteiger partial charge in [-0.1, -0.05) is 37.9 Å². The molecular weight excluding hydrogens is 362 g/mol. The third-order valence-electron chi connectivity index (χ3n) is 4.15. The lowest BCUT2D eigenvalue weighted by molar-refractivity contribution is -0.119. The van der Waals surface area contributed by atoms with E-state index in [1.807, 2.05) is 16.7 Å². The Kier molecular flexibility index (Phi) is 9.27. The number of nitrogens with zero attached hydrogens (tertiary/aromatic N) is 4. The highest BCUT2D eigenvalue weighted by molar-refractivity contribution is 7.99. The Morgan fingerprint density at radius 2 is 2.07 bits per heavy atom. The van der Waals surface area contributed by atoms with Gasteiger partial charge in [0.05, 0.1) is 18.9 Å². The SMILES string of the molecule is CCCCCC(C)NC(=O)CSc1nnc(-c2ccncc2)n1CCOC. The van der Waals surface area contributed by atoms with Crippen LogP contribution in [0, 0.1) is 0 Å². The largest absolute Gasteiger partial charge is 0.383 e. The van der Waals surface area contributed by atoms with E-state index in [-0.39, 0.29) is 11.9 Å². The Hall–Kier alpha value is -1.93. The Balaban J connectivity index is 1.97. The van der Waals surface area contributed by atoms with Gasteiger partial charge in [-0.15, -0.1) is 10.2 Å². The minimum Gasteiger partial charge on any atom is -0.383 e. The van der Waals surface area contributed by atoms with Gasteiger partial charge in [0.25, 0.3) is 0 Å². The summed E-state index contributed by atoms with van der Waals surface area (Å²) in [5, 5.41) is 12.4. The van der Waals surface area contributed by atoms with Gasteiger partial charge in [-0.3, -0.25) is 14.3 Å². The van der Waals surface area contributed by atoms with Crippen molar-refractivity contribution in [1.29, 1.82) is 0 Å². The summed E-state index contributed by atoms with van der Waals surface area (Å²) in [4.78, 5) is 16.3. The van der Waals surface area contributed by atoms with Crippen LogP contribution in [0.25, 0.3) is 11.4 Å². The number of nitrogens with one attached hydrogen (secondary N) is 1. The molecule has 1 atom stereocenters. The topological polar surface area (TPSA) is 81.9 Å². The predicted molar refractivity (Wildman–Crippen MR) is 108 cm³/mol. The van der Waals surface area contributed by atoms with Crippen LogP contribution in [-0.2, 0) is 16.1 Å². The van der Waals surface area contributed by atoms with E-state index in [1.165, 1.54) is 24.6 Å². The number of carbonyl (C=O) groups excluding carboxylic acids is 1. The molecule has 0 aromatic carbocycles. The highest BCUT2D eigenvalue weighted by atomic mass is 32.2. The van der Waals surface area contributed by atoms with Gasteiger partial charge < -0.3 is 10.1 Å². The second-order valence-corrected chi connectivity index (χ2v) is 7.38. The number of carbonyl (C=O) groups is 1. The second-order valence-electron chi connectivity index (χ2n) is 6.44. The average Bonchev–Trinajstić information content (AvgIpc) is 3.08. The number of hydrogen-bond donors (Lipinski definition) is 1. The number of rotatable bonds is 12. The zero-order valence-corrected chi connectivity index (χ0v) is 17.2. The minimum atomic E-state index is 0.0238. The van der Waals surface area contributed by atoms with Crippen LogP contribution >= 0.6 is 11.8 Å². The van der Waals surface area contributed by atoms with Gasteiger partial charge in [0.1, 0.15) is 0 Å². The molecule has 0 bridgehead atoms. The molecule has 7 nitrogen and oxygen atoms in total. The van der Waals surface area contributed by atoms with E-state index in [2.05, 4.69) is 34.3 Å². The maximum absolute atomic E-state index is 12.2. The summed E-state index contributed by atoms with van der Waals surface area (Å²) in [5.41, 5.74) is 0.939. The van der Waals surface area contributed by atoms with E-state index >= 15 is 0 Å². The van der Waals surface area contributed by atoms with Crippen molar-refractivity contribution in [3.8, 4) is 11.4 Å². The van der Waals surface area contributed by atoms with Crippen LogP contribution in [-0.4, -0.2) is 51.2 Å². The van der Waals surface area contributed by atoms with E-state index in [0.29, 0.717) is 24.1 Å². The highest BCUT2D eigenvalue weighted by Gasteiger charge is 2.16. The van der Waals surface area contributed by atoms with Crippen molar-refractivity contribution in [1.82, 2.24) is 25.1 Å². The Morgan fingerprint density at radius 3 is 2.78 bits per heavy atom. The Labute approximate surface area is 165 Å².